The van der Waals surface area contributed by atoms with E-state index in [2.05, 4.69) is 10.3 Å². The van der Waals surface area contributed by atoms with Gasteiger partial charge in [0, 0.05) is 17.5 Å². The largest absolute Gasteiger partial charge is 0.476 e. The van der Waals surface area contributed by atoms with Gasteiger partial charge >= 0.3 is 5.97 Å². The first-order chi connectivity index (χ1) is 8.00. The molecule has 0 saturated carbocycles. The Labute approximate surface area is 97.2 Å². The van der Waals surface area contributed by atoms with Crippen LogP contribution in [0, 0.1) is 20.8 Å². The summed E-state index contributed by atoms with van der Waals surface area (Å²) in [7, 11) is 0. The van der Waals surface area contributed by atoms with Crippen LogP contribution in [0.2, 0.25) is 0 Å². The van der Waals surface area contributed by atoms with Crippen LogP contribution in [0.25, 0.3) is 0 Å². The number of carbonyl (C=O) groups is 1. The Kier molecular flexibility index (Phi) is 2.71. The van der Waals surface area contributed by atoms with Gasteiger partial charge in [-0.1, -0.05) is 10.3 Å². The number of nitrogens with zero attached hydrogens (tertiary/aromatic N) is 2. The van der Waals surface area contributed by atoms with Gasteiger partial charge in [0.2, 0.25) is 0 Å². The maximum Gasteiger partial charge on any atom is 0.358 e. The molecule has 2 aromatic heterocycles. The first-order valence-electron chi connectivity index (χ1n) is 5.11. The molecule has 0 radical (unpaired) electrons. The van der Waals surface area contributed by atoms with Crippen LogP contribution < -0.4 is 0 Å². The number of aryl methyl sites for hydroxylation is 3. The molecule has 0 amide bonds. The Bertz CT molecular complexity index is 549. The molecule has 0 fully saturated rings. The number of hydrogen-bond donors (Lipinski definition) is 1. The van der Waals surface area contributed by atoms with Crippen molar-refractivity contribution >= 4 is 5.97 Å². The van der Waals surface area contributed by atoms with E-state index in [0.29, 0.717) is 23.5 Å². The molecule has 0 spiro atoms. The highest BCUT2D eigenvalue weighted by Gasteiger charge is 2.21. The maximum absolute atomic E-state index is 11.0. The summed E-state index contributed by atoms with van der Waals surface area (Å²) in [6, 6.07) is 0. The average Bonchev–Trinajstić information content (AvgIpc) is 2.77. The van der Waals surface area contributed by atoms with Gasteiger partial charge in [-0.25, -0.2) is 4.79 Å². The van der Waals surface area contributed by atoms with E-state index in [1.54, 1.807) is 13.8 Å². The van der Waals surface area contributed by atoms with Crippen LogP contribution in [0.15, 0.2) is 9.05 Å². The van der Waals surface area contributed by atoms with Gasteiger partial charge in [-0.05, 0) is 20.8 Å². The molecule has 0 unspecified atom stereocenters. The lowest BCUT2D eigenvalue weighted by Gasteiger charge is -1.99. The predicted molar refractivity (Wildman–Crippen MR) is 57.0 cm³/mol. The lowest BCUT2D eigenvalue weighted by atomic mass is 10.0. The van der Waals surface area contributed by atoms with Crippen LogP contribution in [0.5, 0.6) is 0 Å². The van der Waals surface area contributed by atoms with E-state index >= 15 is 0 Å². The van der Waals surface area contributed by atoms with Crippen molar-refractivity contribution in [1.82, 2.24) is 10.3 Å². The molecule has 6 heteroatoms. The van der Waals surface area contributed by atoms with Gasteiger partial charge in [0.15, 0.2) is 5.69 Å². The Hall–Kier alpha value is -2.11. The van der Waals surface area contributed by atoms with Crippen LogP contribution in [0.4, 0.5) is 0 Å². The van der Waals surface area contributed by atoms with E-state index in [0.717, 1.165) is 11.3 Å². The predicted octanol–water partition coefficient (Wildman–Crippen LogP) is 1.88. The van der Waals surface area contributed by atoms with E-state index in [4.69, 9.17) is 14.2 Å². The summed E-state index contributed by atoms with van der Waals surface area (Å²) in [5, 5.41) is 16.3. The third-order valence-electron chi connectivity index (χ3n) is 2.72. The fourth-order valence-electron chi connectivity index (χ4n) is 1.70. The molecule has 0 bridgehead atoms. The van der Waals surface area contributed by atoms with Crippen molar-refractivity contribution in [3.63, 3.8) is 0 Å². The molecule has 90 valence electrons. The fourth-order valence-corrected chi connectivity index (χ4v) is 1.70. The van der Waals surface area contributed by atoms with E-state index in [1.165, 1.54) is 0 Å². The van der Waals surface area contributed by atoms with Crippen molar-refractivity contribution < 1.29 is 18.9 Å². The van der Waals surface area contributed by atoms with Gasteiger partial charge in [-0.15, -0.1) is 0 Å². The number of carboxylic acids is 1. The van der Waals surface area contributed by atoms with Crippen LogP contribution in [-0.2, 0) is 6.42 Å². The lowest BCUT2D eigenvalue weighted by molar-refractivity contribution is 0.0685. The third kappa shape index (κ3) is 1.93. The van der Waals surface area contributed by atoms with Gasteiger partial charge in [-0.3, -0.25) is 0 Å². The maximum atomic E-state index is 11.0. The van der Waals surface area contributed by atoms with Crippen LogP contribution in [-0.4, -0.2) is 21.4 Å². The summed E-state index contributed by atoms with van der Waals surface area (Å²) in [5.74, 6) is 0.0884. The third-order valence-corrected chi connectivity index (χ3v) is 2.72. The molecule has 17 heavy (non-hydrogen) atoms. The number of aromatic carboxylic acids is 1. The van der Waals surface area contributed by atoms with Gasteiger partial charge in [0.05, 0.1) is 5.69 Å². The molecule has 2 heterocycles. The smallest absolute Gasteiger partial charge is 0.358 e. The summed E-state index contributed by atoms with van der Waals surface area (Å²) in [4.78, 5) is 11.0. The second-order valence-corrected chi connectivity index (χ2v) is 3.85. The zero-order chi connectivity index (χ0) is 12.6. The molecule has 0 saturated heterocycles. The Morgan fingerprint density at radius 2 is 1.71 bits per heavy atom. The molecule has 0 aliphatic heterocycles. The summed E-state index contributed by atoms with van der Waals surface area (Å²) in [5.41, 5.74) is 2.13. The summed E-state index contributed by atoms with van der Waals surface area (Å²) >= 11 is 0. The topological polar surface area (TPSA) is 89.4 Å². The minimum atomic E-state index is -1.09. The number of aromatic nitrogens is 2. The molecular weight excluding hydrogens is 224 g/mol. The highest BCUT2D eigenvalue weighted by atomic mass is 16.5. The van der Waals surface area contributed by atoms with Crippen molar-refractivity contribution in [1.29, 1.82) is 0 Å². The second kappa shape index (κ2) is 4.04. The van der Waals surface area contributed by atoms with E-state index < -0.39 is 5.97 Å². The second-order valence-electron chi connectivity index (χ2n) is 3.85. The standard InChI is InChI=1S/C11H12N2O4/c1-5-8(6(2)16-12-5)4-9-7(3)17-13-10(9)11(14)15/h4H2,1-3H3,(H,14,15). The SMILES string of the molecule is Cc1noc(C)c1Cc1c(C(=O)O)noc1C. The minimum Gasteiger partial charge on any atom is -0.476 e. The Balaban J connectivity index is 2.43. The van der Waals surface area contributed by atoms with Gasteiger partial charge in [0.1, 0.15) is 11.5 Å². The average molecular weight is 236 g/mol. The van der Waals surface area contributed by atoms with Gasteiger partial charge in [-0.2, -0.15) is 0 Å². The number of carboxylic acid groups (broad SMARTS) is 1. The molecule has 0 aliphatic carbocycles. The first kappa shape index (κ1) is 11.4. The normalized spacial score (nSPS) is 10.8. The number of rotatable bonds is 3. The highest BCUT2D eigenvalue weighted by molar-refractivity contribution is 5.87. The molecule has 0 atom stereocenters. The molecular formula is C11H12N2O4. The van der Waals surface area contributed by atoms with E-state index in [1.807, 2.05) is 6.92 Å². The quantitative estimate of drug-likeness (QED) is 0.875. The molecule has 1 N–H and O–H groups in total. The van der Waals surface area contributed by atoms with E-state index in [-0.39, 0.29) is 5.69 Å². The van der Waals surface area contributed by atoms with Crippen LogP contribution >= 0.6 is 0 Å². The lowest BCUT2D eigenvalue weighted by Crippen LogP contribution is -2.03. The van der Waals surface area contributed by atoms with Crippen molar-refractivity contribution in [2.24, 2.45) is 0 Å². The van der Waals surface area contributed by atoms with Crippen molar-refractivity contribution in [2.75, 3.05) is 0 Å². The zero-order valence-corrected chi connectivity index (χ0v) is 9.77. The van der Waals surface area contributed by atoms with Gasteiger partial charge in [0.25, 0.3) is 0 Å². The zero-order valence-electron chi connectivity index (χ0n) is 9.77. The molecule has 0 aliphatic rings. The van der Waals surface area contributed by atoms with Crippen molar-refractivity contribution in [2.45, 2.75) is 27.2 Å². The van der Waals surface area contributed by atoms with Crippen LogP contribution in [0.3, 0.4) is 0 Å². The van der Waals surface area contributed by atoms with Gasteiger partial charge < -0.3 is 14.2 Å². The van der Waals surface area contributed by atoms with E-state index in [9.17, 15) is 4.79 Å². The number of hydrogen-bond acceptors (Lipinski definition) is 5. The van der Waals surface area contributed by atoms with Crippen molar-refractivity contribution in [3.05, 3.63) is 34.0 Å². The first-order valence-corrected chi connectivity index (χ1v) is 5.11. The highest BCUT2D eigenvalue weighted by Crippen LogP contribution is 2.22. The molecule has 2 rings (SSSR count). The Morgan fingerprint density at radius 3 is 2.24 bits per heavy atom. The summed E-state index contributed by atoms with van der Waals surface area (Å²) < 4.78 is 9.94. The monoisotopic (exact) mass is 236 g/mol. The molecule has 2 aromatic rings. The fraction of sp³-hybridized carbons (Fsp3) is 0.364. The molecule has 6 nitrogen and oxygen atoms in total. The van der Waals surface area contributed by atoms with Crippen molar-refractivity contribution in [3.8, 4) is 0 Å². The minimum absolute atomic E-state index is 0.0532. The summed E-state index contributed by atoms with van der Waals surface area (Å²) in [6.07, 6.45) is 0.401. The molecule has 0 aromatic carbocycles. The Morgan fingerprint density at radius 1 is 1.12 bits per heavy atom. The van der Waals surface area contributed by atoms with Crippen LogP contribution in [0.1, 0.15) is 38.8 Å². The summed E-state index contributed by atoms with van der Waals surface area (Å²) in [6.45, 7) is 5.29.